The van der Waals surface area contributed by atoms with Crippen molar-refractivity contribution < 1.29 is 4.52 Å². The molecule has 0 saturated heterocycles. The highest BCUT2D eigenvalue weighted by Gasteiger charge is 2.38. The Labute approximate surface area is 124 Å². The van der Waals surface area contributed by atoms with Crippen LogP contribution in [0.2, 0.25) is 0 Å². The molecule has 110 valence electrons. The third-order valence-electron chi connectivity index (χ3n) is 5.07. The highest BCUT2D eigenvalue weighted by atomic mass is 16.5. The second-order valence-electron chi connectivity index (χ2n) is 6.42. The van der Waals surface area contributed by atoms with Crippen molar-refractivity contribution in [1.29, 1.82) is 0 Å². The summed E-state index contributed by atoms with van der Waals surface area (Å²) in [4.78, 5) is 4.29. The van der Waals surface area contributed by atoms with E-state index < -0.39 is 0 Å². The number of nitrogens with zero attached hydrogens (tertiary/aromatic N) is 2. The lowest BCUT2D eigenvalue weighted by molar-refractivity contribution is 0.306. The SMILES string of the molecule is Cc1noc(CNC2C3CCC2Cc2ccccc2C3)n1. The molecule has 2 atom stereocenters. The molecule has 1 heterocycles. The molecule has 4 rings (SSSR count). The first-order chi connectivity index (χ1) is 10.3. The van der Waals surface area contributed by atoms with Gasteiger partial charge in [-0.15, -0.1) is 0 Å². The smallest absolute Gasteiger partial charge is 0.240 e. The normalized spacial score (nSPS) is 27.4. The molecule has 1 saturated carbocycles. The van der Waals surface area contributed by atoms with Crippen LogP contribution in [-0.2, 0) is 19.4 Å². The second-order valence-corrected chi connectivity index (χ2v) is 6.42. The summed E-state index contributed by atoms with van der Waals surface area (Å²) in [5, 5.41) is 7.55. The molecule has 0 spiro atoms. The molecule has 4 heteroatoms. The fraction of sp³-hybridized carbons (Fsp3) is 0.529. The van der Waals surface area contributed by atoms with E-state index in [9.17, 15) is 0 Å². The highest BCUT2D eigenvalue weighted by Crippen LogP contribution is 2.40. The predicted molar refractivity (Wildman–Crippen MR) is 79.7 cm³/mol. The molecular weight excluding hydrogens is 262 g/mol. The van der Waals surface area contributed by atoms with Crippen molar-refractivity contribution in [2.75, 3.05) is 0 Å². The Hall–Kier alpha value is -1.68. The minimum atomic E-state index is 0.574. The summed E-state index contributed by atoms with van der Waals surface area (Å²) >= 11 is 0. The van der Waals surface area contributed by atoms with Crippen molar-refractivity contribution in [3.05, 3.63) is 47.1 Å². The summed E-state index contributed by atoms with van der Waals surface area (Å²) in [7, 11) is 0. The fourth-order valence-electron chi connectivity index (χ4n) is 4.10. The lowest BCUT2D eigenvalue weighted by Crippen LogP contribution is -2.37. The number of hydrogen-bond donors (Lipinski definition) is 1. The van der Waals surface area contributed by atoms with Gasteiger partial charge in [-0.25, -0.2) is 0 Å². The largest absolute Gasteiger partial charge is 0.338 e. The number of hydrogen-bond acceptors (Lipinski definition) is 4. The van der Waals surface area contributed by atoms with Gasteiger partial charge in [-0.1, -0.05) is 29.4 Å². The van der Waals surface area contributed by atoms with E-state index in [-0.39, 0.29) is 0 Å². The van der Waals surface area contributed by atoms with Crippen LogP contribution in [0.4, 0.5) is 0 Å². The first-order valence-electron chi connectivity index (χ1n) is 7.89. The van der Waals surface area contributed by atoms with Crippen molar-refractivity contribution in [2.24, 2.45) is 11.8 Å². The van der Waals surface area contributed by atoms with E-state index in [2.05, 4.69) is 39.7 Å². The molecule has 1 N–H and O–H groups in total. The predicted octanol–water partition coefficient (Wildman–Crippen LogP) is 2.66. The van der Waals surface area contributed by atoms with Gasteiger partial charge in [0.1, 0.15) is 0 Å². The van der Waals surface area contributed by atoms with Crippen LogP contribution in [0, 0.1) is 18.8 Å². The molecule has 1 fully saturated rings. The molecule has 0 aliphatic heterocycles. The monoisotopic (exact) mass is 283 g/mol. The zero-order chi connectivity index (χ0) is 14.2. The van der Waals surface area contributed by atoms with E-state index in [1.807, 2.05) is 6.92 Å². The molecule has 2 bridgehead atoms. The molecule has 2 aliphatic carbocycles. The third kappa shape index (κ3) is 2.48. The van der Waals surface area contributed by atoms with Crippen LogP contribution in [0.3, 0.4) is 0 Å². The number of aryl methyl sites for hydroxylation is 1. The Morgan fingerprint density at radius 3 is 2.38 bits per heavy atom. The Kier molecular flexibility index (Phi) is 3.26. The van der Waals surface area contributed by atoms with Crippen LogP contribution in [0.5, 0.6) is 0 Å². The summed E-state index contributed by atoms with van der Waals surface area (Å²) in [6.07, 6.45) is 5.07. The van der Waals surface area contributed by atoms with Gasteiger partial charge in [-0.2, -0.15) is 4.98 Å². The van der Waals surface area contributed by atoms with Gasteiger partial charge in [-0.05, 0) is 55.6 Å². The van der Waals surface area contributed by atoms with E-state index in [0.29, 0.717) is 24.3 Å². The fourth-order valence-corrected chi connectivity index (χ4v) is 4.10. The lowest BCUT2D eigenvalue weighted by atomic mass is 9.94. The molecule has 21 heavy (non-hydrogen) atoms. The van der Waals surface area contributed by atoms with Crippen molar-refractivity contribution in [3.8, 4) is 0 Å². The van der Waals surface area contributed by atoms with Crippen molar-refractivity contribution in [2.45, 2.75) is 45.2 Å². The average Bonchev–Trinajstić information content (AvgIpc) is 2.99. The summed E-state index contributed by atoms with van der Waals surface area (Å²) < 4.78 is 5.22. The van der Waals surface area contributed by atoms with Gasteiger partial charge in [0.15, 0.2) is 5.82 Å². The summed E-state index contributed by atoms with van der Waals surface area (Å²) in [6, 6.07) is 9.51. The van der Waals surface area contributed by atoms with E-state index in [1.54, 1.807) is 11.1 Å². The Bertz CT molecular complexity index is 603. The zero-order valence-electron chi connectivity index (χ0n) is 12.4. The number of aromatic nitrogens is 2. The topological polar surface area (TPSA) is 51.0 Å². The van der Waals surface area contributed by atoms with Crippen molar-refractivity contribution in [3.63, 3.8) is 0 Å². The molecular formula is C17H21N3O. The van der Waals surface area contributed by atoms with Gasteiger partial charge >= 0.3 is 0 Å². The average molecular weight is 283 g/mol. The maximum atomic E-state index is 5.22. The van der Waals surface area contributed by atoms with Crippen molar-refractivity contribution >= 4 is 0 Å². The van der Waals surface area contributed by atoms with Gasteiger partial charge in [0.25, 0.3) is 0 Å². The zero-order valence-corrected chi connectivity index (χ0v) is 12.4. The minimum absolute atomic E-state index is 0.574. The Morgan fingerprint density at radius 1 is 1.14 bits per heavy atom. The van der Waals surface area contributed by atoms with Crippen LogP contribution in [-0.4, -0.2) is 16.2 Å². The van der Waals surface area contributed by atoms with Gasteiger partial charge in [0.05, 0.1) is 6.54 Å². The van der Waals surface area contributed by atoms with Gasteiger partial charge in [0.2, 0.25) is 5.89 Å². The van der Waals surface area contributed by atoms with Crippen LogP contribution < -0.4 is 5.32 Å². The van der Waals surface area contributed by atoms with Crippen LogP contribution in [0.25, 0.3) is 0 Å². The van der Waals surface area contributed by atoms with E-state index >= 15 is 0 Å². The molecule has 0 amide bonds. The Morgan fingerprint density at radius 2 is 1.81 bits per heavy atom. The van der Waals surface area contributed by atoms with Crippen LogP contribution in [0.1, 0.15) is 35.7 Å². The van der Waals surface area contributed by atoms with Gasteiger partial charge < -0.3 is 9.84 Å². The maximum absolute atomic E-state index is 5.22. The molecule has 4 nitrogen and oxygen atoms in total. The number of nitrogens with one attached hydrogen (secondary N) is 1. The highest BCUT2D eigenvalue weighted by molar-refractivity contribution is 5.30. The summed E-state index contributed by atoms with van der Waals surface area (Å²) in [6.45, 7) is 2.55. The molecule has 2 unspecified atom stereocenters. The van der Waals surface area contributed by atoms with E-state index in [1.165, 1.54) is 25.7 Å². The molecule has 0 radical (unpaired) electrons. The third-order valence-corrected chi connectivity index (χ3v) is 5.07. The van der Waals surface area contributed by atoms with Crippen LogP contribution >= 0.6 is 0 Å². The quantitative estimate of drug-likeness (QED) is 0.941. The molecule has 1 aromatic heterocycles. The molecule has 2 aliphatic rings. The minimum Gasteiger partial charge on any atom is -0.338 e. The van der Waals surface area contributed by atoms with Crippen LogP contribution in [0.15, 0.2) is 28.8 Å². The van der Waals surface area contributed by atoms with Crippen molar-refractivity contribution in [1.82, 2.24) is 15.5 Å². The number of rotatable bonds is 3. The van der Waals surface area contributed by atoms with E-state index in [0.717, 1.165) is 11.8 Å². The molecule has 2 aromatic rings. The summed E-state index contributed by atoms with van der Waals surface area (Å²) in [5.74, 6) is 2.89. The molecule has 1 aromatic carbocycles. The standard InChI is InChI=1S/C17H21N3O/c1-11-19-16(21-20-11)10-18-17-14-6-7-15(17)9-13-5-3-2-4-12(13)8-14/h2-5,14-15,17-18H,6-10H2,1H3. The second kappa shape index (κ2) is 5.26. The lowest BCUT2D eigenvalue weighted by Gasteiger charge is -2.22. The van der Waals surface area contributed by atoms with E-state index in [4.69, 9.17) is 4.52 Å². The number of benzene rings is 1. The first-order valence-corrected chi connectivity index (χ1v) is 7.89. The number of fused-ring (bicyclic) bond motifs is 3. The van der Waals surface area contributed by atoms with Gasteiger partial charge in [-0.3, -0.25) is 0 Å². The summed E-state index contributed by atoms with van der Waals surface area (Å²) in [5.41, 5.74) is 3.09. The first kappa shape index (κ1) is 13.0. The maximum Gasteiger partial charge on any atom is 0.240 e. The Balaban J connectivity index is 1.50. The van der Waals surface area contributed by atoms with Gasteiger partial charge in [0, 0.05) is 6.04 Å².